The Balaban J connectivity index is 1.94. The Morgan fingerprint density at radius 1 is 1.50 bits per heavy atom. The first-order valence-corrected chi connectivity index (χ1v) is 7.46. The highest BCUT2D eigenvalue weighted by atomic mass is 16.5. The fraction of sp³-hybridized carbons (Fsp3) is 0.857. The van der Waals surface area contributed by atoms with E-state index in [1.165, 1.54) is 7.11 Å². The van der Waals surface area contributed by atoms with Crippen LogP contribution in [0.15, 0.2) is 0 Å². The van der Waals surface area contributed by atoms with E-state index in [-0.39, 0.29) is 17.4 Å². The highest BCUT2D eigenvalue weighted by Gasteiger charge is 2.44. The molecule has 114 valence electrons. The van der Waals surface area contributed by atoms with E-state index < -0.39 is 6.09 Å². The SMILES string of the molecule is CCCC1(C(=O)N2CCC(NC(=O)OC)C2)CCNC1. The second kappa shape index (κ2) is 6.43. The Kier molecular flexibility index (Phi) is 4.86. The first-order valence-electron chi connectivity index (χ1n) is 7.46. The molecule has 0 aromatic heterocycles. The average Bonchev–Trinajstić information content (AvgIpc) is 3.08. The van der Waals surface area contributed by atoms with Gasteiger partial charge < -0.3 is 20.3 Å². The largest absolute Gasteiger partial charge is 0.453 e. The molecule has 20 heavy (non-hydrogen) atoms. The summed E-state index contributed by atoms with van der Waals surface area (Å²) in [6.07, 6.45) is 3.26. The van der Waals surface area contributed by atoms with Crippen LogP contribution in [0, 0.1) is 5.41 Å². The average molecular weight is 283 g/mol. The van der Waals surface area contributed by atoms with E-state index in [0.29, 0.717) is 6.54 Å². The Labute approximate surface area is 120 Å². The molecule has 2 atom stereocenters. The molecule has 6 nitrogen and oxygen atoms in total. The lowest BCUT2D eigenvalue weighted by Crippen LogP contribution is -2.46. The highest BCUT2D eigenvalue weighted by molar-refractivity contribution is 5.84. The molecule has 2 unspecified atom stereocenters. The van der Waals surface area contributed by atoms with Crippen LogP contribution in [0.1, 0.15) is 32.6 Å². The van der Waals surface area contributed by atoms with Crippen molar-refractivity contribution in [2.24, 2.45) is 5.41 Å². The van der Waals surface area contributed by atoms with E-state index in [2.05, 4.69) is 22.3 Å². The van der Waals surface area contributed by atoms with Crippen LogP contribution in [-0.4, -0.2) is 56.2 Å². The summed E-state index contributed by atoms with van der Waals surface area (Å²) in [7, 11) is 1.35. The minimum atomic E-state index is -0.421. The number of nitrogens with one attached hydrogen (secondary N) is 2. The second-order valence-electron chi connectivity index (χ2n) is 5.83. The van der Waals surface area contributed by atoms with E-state index >= 15 is 0 Å². The van der Waals surface area contributed by atoms with Crippen LogP contribution < -0.4 is 10.6 Å². The maximum Gasteiger partial charge on any atom is 0.407 e. The van der Waals surface area contributed by atoms with Gasteiger partial charge in [-0.1, -0.05) is 13.3 Å². The summed E-state index contributed by atoms with van der Waals surface area (Å²) < 4.78 is 4.60. The normalized spacial score (nSPS) is 29.5. The third-order valence-corrected chi connectivity index (χ3v) is 4.41. The molecule has 2 saturated heterocycles. The van der Waals surface area contributed by atoms with Crippen molar-refractivity contribution in [2.75, 3.05) is 33.3 Å². The van der Waals surface area contributed by atoms with Crippen LogP contribution in [0.25, 0.3) is 0 Å². The summed E-state index contributed by atoms with van der Waals surface area (Å²) in [5.74, 6) is 0.249. The monoisotopic (exact) mass is 283 g/mol. The van der Waals surface area contributed by atoms with Crippen molar-refractivity contribution in [1.29, 1.82) is 0 Å². The molecule has 2 heterocycles. The second-order valence-corrected chi connectivity index (χ2v) is 5.83. The first kappa shape index (κ1) is 15.1. The number of likely N-dealkylation sites (tertiary alicyclic amines) is 1. The number of hydrogen-bond acceptors (Lipinski definition) is 4. The quantitative estimate of drug-likeness (QED) is 0.797. The van der Waals surface area contributed by atoms with Gasteiger partial charge in [0, 0.05) is 19.6 Å². The van der Waals surface area contributed by atoms with Gasteiger partial charge in [0.25, 0.3) is 0 Å². The van der Waals surface area contributed by atoms with E-state index in [1.54, 1.807) is 0 Å². The van der Waals surface area contributed by atoms with Crippen molar-refractivity contribution in [3.05, 3.63) is 0 Å². The number of ether oxygens (including phenoxy) is 1. The Bertz CT molecular complexity index is 367. The fourth-order valence-corrected chi connectivity index (χ4v) is 3.35. The van der Waals surface area contributed by atoms with Crippen molar-refractivity contribution in [1.82, 2.24) is 15.5 Å². The zero-order valence-corrected chi connectivity index (χ0v) is 12.4. The van der Waals surface area contributed by atoms with Crippen molar-refractivity contribution < 1.29 is 14.3 Å². The number of amides is 2. The van der Waals surface area contributed by atoms with Gasteiger partial charge in [-0.25, -0.2) is 4.79 Å². The van der Waals surface area contributed by atoms with Crippen LogP contribution in [0.2, 0.25) is 0 Å². The van der Waals surface area contributed by atoms with Gasteiger partial charge >= 0.3 is 6.09 Å². The first-order chi connectivity index (χ1) is 9.61. The minimum Gasteiger partial charge on any atom is -0.453 e. The molecule has 0 radical (unpaired) electrons. The van der Waals surface area contributed by atoms with Crippen molar-refractivity contribution in [2.45, 2.75) is 38.6 Å². The van der Waals surface area contributed by atoms with Crippen LogP contribution in [-0.2, 0) is 9.53 Å². The standard InChI is InChI=1S/C14H25N3O3/c1-3-5-14(6-7-15-10-14)12(18)17-8-4-11(9-17)16-13(19)20-2/h11,15H,3-10H2,1-2H3,(H,16,19). The maximum atomic E-state index is 12.8. The fourth-order valence-electron chi connectivity index (χ4n) is 3.35. The molecular weight excluding hydrogens is 258 g/mol. The molecular formula is C14H25N3O3. The molecule has 0 aromatic rings. The lowest BCUT2D eigenvalue weighted by molar-refractivity contribution is -0.140. The zero-order valence-electron chi connectivity index (χ0n) is 12.4. The summed E-state index contributed by atoms with van der Waals surface area (Å²) in [4.78, 5) is 25.9. The molecule has 6 heteroatoms. The van der Waals surface area contributed by atoms with Gasteiger partial charge in [-0.2, -0.15) is 0 Å². The minimum absolute atomic E-state index is 0.0134. The summed E-state index contributed by atoms with van der Waals surface area (Å²) in [5.41, 5.74) is -0.227. The molecule has 2 amide bonds. The number of alkyl carbamates (subject to hydrolysis) is 1. The van der Waals surface area contributed by atoms with Crippen LogP contribution in [0.4, 0.5) is 4.79 Å². The smallest absolute Gasteiger partial charge is 0.407 e. The molecule has 0 spiro atoms. The molecule has 0 aromatic carbocycles. The highest BCUT2D eigenvalue weighted by Crippen LogP contribution is 2.34. The van der Waals surface area contributed by atoms with Gasteiger partial charge in [0.2, 0.25) is 5.91 Å². The van der Waals surface area contributed by atoms with Crippen molar-refractivity contribution in [3.8, 4) is 0 Å². The summed E-state index contributed by atoms with van der Waals surface area (Å²) in [6.45, 7) is 5.14. The molecule has 0 aliphatic carbocycles. The van der Waals surface area contributed by atoms with E-state index in [1.807, 2.05) is 4.90 Å². The van der Waals surface area contributed by atoms with Crippen LogP contribution in [0.3, 0.4) is 0 Å². The molecule has 2 aliphatic rings. The number of rotatable bonds is 4. The van der Waals surface area contributed by atoms with Gasteiger partial charge in [-0.15, -0.1) is 0 Å². The van der Waals surface area contributed by atoms with E-state index in [4.69, 9.17) is 0 Å². The lowest BCUT2D eigenvalue weighted by Gasteiger charge is -2.31. The molecule has 2 rings (SSSR count). The molecule has 0 saturated carbocycles. The van der Waals surface area contributed by atoms with E-state index in [9.17, 15) is 9.59 Å². The van der Waals surface area contributed by atoms with Crippen molar-refractivity contribution >= 4 is 12.0 Å². The predicted molar refractivity (Wildman–Crippen MR) is 75.4 cm³/mol. The Hall–Kier alpha value is -1.30. The van der Waals surface area contributed by atoms with E-state index in [0.717, 1.165) is 45.3 Å². The number of hydrogen-bond donors (Lipinski definition) is 2. The zero-order chi connectivity index (χ0) is 14.6. The van der Waals surface area contributed by atoms with Gasteiger partial charge in [-0.3, -0.25) is 4.79 Å². The lowest BCUT2D eigenvalue weighted by atomic mass is 9.81. The third-order valence-electron chi connectivity index (χ3n) is 4.41. The van der Waals surface area contributed by atoms with Crippen LogP contribution >= 0.6 is 0 Å². The maximum absolute atomic E-state index is 12.8. The number of nitrogens with zero attached hydrogens (tertiary/aromatic N) is 1. The summed E-state index contributed by atoms with van der Waals surface area (Å²) in [6, 6.07) is 0.0134. The number of carbonyl (C=O) groups is 2. The molecule has 0 bridgehead atoms. The molecule has 2 N–H and O–H groups in total. The third kappa shape index (κ3) is 3.06. The molecule has 2 aliphatic heterocycles. The number of carbonyl (C=O) groups excluding carboxylic acids is 2. The Morgan fingerprint density at radius 2 is 2.30 bits per heavy atom. The predicted octanol–water partition coefficient (Wildman–Crippen LogP) is 0.723. The molecule has 2 fully saturated rings. The topological polar surface area (TPSA) is 70.7 Å². The van der Waals surface area contributed by atoms with Gasteiger partial charge in [-0.05, 0) is 25.8 Å². The van der Waals surface area contributed by atoms with Gasteiger partial charge in [0.05, 0.1) is 18.6 Å². The Morgan fingerprint density at radius 3 is 2.90 bits per heavy atom. The summed E-state index contributed by atoms with van der Waals surface area (Å²) >= 11 is 0. The van der Waals surface area contributed by atoms with Crippen LogP contribution in [0.5, 0.6) is 0 Å². The number of methoxy groups -OCH3 is 1. The van der Waals surface area contributed by atoms with Crippen molar-refractivity contribution in [3.63, 3.8) is 0 Å². The van der Waals surface area contributed by atoms with Gasteiger partial charge in [0.15, 0.2) is 0 Å². The van der Waals surface area contributed by atoms with Gasteiger partial charge in [0.1, 0.15) is 0 Å². The summed E-state index contributed by atoms with van der Waals surface area (Å²) in [5, 5.41) is 6.10.